The molecule has 0 bridgehead atoms. The molecule has 1 aromatic carbocycles. The van der Waals surface area contributed by atoms with Crippen LogP contribution < -0.4 is 10.0 Å². The van der Waals surface area contributed by atoms with Crippen molar-refractivity contribution >= 4 is 21.6 Å². The number of hydrogen-bond acceptors (Lipinski definition) is 5. The first-order chi connectivity index (χ1) is 12.9. The summed E-state index contributed by atoms with van der Waals surface area (Å²) in [5.41, 5.74) is 0.464. The lowest BCUT2D eigenvalue weighted by Gasteiger charge is -2.30. The van der Waals surface area contributed by atoms with Gasteiger partial charge in [-0.2, -0.15) is 0 Å². The molecular weight excluding hydrogens is 366 g/mol. The van der Waals surface area contributed by atoms with Gasteiger partial charge in [0, 0.05) is 12.2 Å². The molecule has 1 aliphatic heterocycles. The summed E-state index contributed by atoms with van der Waals surface area (Å²) in [6.45, 7) is 4.41. The number of carbonyl (C=O) groups excluding carboxylic acids is 1. The number of nitrogens with zero attached hydrogens (tertiary/aromatic N) is 1. The molecule has 0 unspecified atom stereocenters. The highest BCUT2D eigenvalue weighted by molar-refractivity contribution is 7.89. The van der Waals surface area contributed by atoms with Gasteiger partial charge in [0.05, 0.1) is 24.2 Å². The van der Waals surface area contributed by atoms with Gasteiger partial charge >= 0.3 is 0 Å². The number of likely N-dealkylation sites (tertiary alicyclic amines) is 1. The van der Waals surface area contributed by atoms with Crippen LogP contribution in [0.2, 0.25) is 0 Å². The number of piperidine rings is 1. The average molecular weight is 391 g/mol. The minimum atomic E-state index is -3.70. The van der Waals surface area contributed by atoms with Gasteiger partial charge in [-0.1, -0.05) is 13.0 Å². The standard InChI is InChI=1S/C19H25N3O4S/c1-15-5-3-9-22(13-15)14-19(23)21-16-6-2-8-18(11-16)27(24,25)20-12-17-7-4-10-26-17/h2,4,6-8,10-11,15,20H,3,5,9,12-14H2,1H3,(H,21,23)/t15-/m0/s1. The average Bonchev–Trinajstić information content (AvgIpc) is 3.14. The monoisotopic (exact) mass is 391 g/mol. The van der Waals surface area contributed by atoms with Crippen molar-refractivity contribution in [2.45, 2.75) is 31.2 Å². The van der Waals surface area contributed by atoms with Crippen LogP contribution >= 0.6 is 0 Å². The van der Waals surface area contributed by atoms with E-state index in [1.165, 1.54) is 24.8 Å². The summed E-state index contributed by atoms with van der Waals surface area (Å²) < 4.78 is 32.5. The van der Waals surface area contributed by atoms with Crippen LogP contribution in [0.3, 0.4) is 0 Å². The van der Waals surface area contributed by atoms with Gasteiger partial charge in [-0.3, -0.25) is 9.69 Å². The van der Waals surface area contributed by atoms with Crippen molar-refractivity contribution in [1.29, 1.82) is 0 Å². The Bertz CT molecular complexity index is 865. The quantitative estimate of drug-likeness (QED) is 0.756. The van der Waals surface area contributed by atoms with E-state index < -0.39 is 10.0 Å². The molecule has 2 aromatic rings. The van der Waals surface area contributed by atoms with E-state index in [0.717, 1.165) is 19.5 Å². The lowest BCUT2D eigenvalue weighted by molar-refractivity contribution is -0.117. The zero-order valence-electron chi connectivity index (χ0n) is 15.3. The Morgan fingerprint density at radius 3 is 2.89 bits per heavy atom. The summed E-state index contributed by atoms with van der Waals surface area (Å²) in [4.78, 5) is 14.5. The molecule has 1 atom stereocenters. The molecular formula is C19H25N3O4S. The summed E-state index contributed by atoms with van der Waals surface area (Å²) in [5, 5.41) is 2.79. The number of anilines is 1. The van der Waals surface area contributed by atoms with Gasteiger partial charge in [0.15, 0.2) is 0 Å². The highest BCUT2D eigenvalue weighted by atomic mass is 32.2. The van der Waals surface area contributed by atoms with Gasteiger partial charge in [0.2, 0.25) is 15.9 Å². The first-order valence-electron chi connectivity index (χ1n) is 9.07. The molecule has 27 heavy (non-hydrogen) atoms. The van der Waals surface area contributed by atoms with E-state index in [-0.39, 0.29) is 17.3 Å². The second kappa shape index (κ2) is 8.69. The van der Waals surface area contributed by atoms with Gasteiger partial charge < -0.3 is 9.73 Å². The minimum absolute atomic E-state index is 0.0685. The second-order valence-corrected chi connectivity index (χ2v) is 8.73. The molecule has 3 rings (SSSR count). The Labute approximate surface area is 159 Å². The van der Waals surface area contributed by atoms with Crippen LogP contribution in [0.4, 0.5) is 5.69 Å². The van der Waals surface area contributed by atoms with Gasteiger partial charge in [0.1, 0.15) is 5.76 Å². The lowest BCUT2D eigenvalue weighted by Crippen LogP contribution is -2.39. The Morgan fingerprint density at radius 2 is 2.15 bits per heavy atom. The molecule has 146 valence electrons. The summed E-state index contributed by atoms with van der Waals surface area (Å²) >= 11 is 0. The van der Waals surface area contributed by atoms with Crippen LogP contribution in [0.5, 0.6) is 0 Å². The molecule has 1 saturated heterocycles. The Hall–Kier alpha value is -2.16. The van der Waals surface area contributed by atoms with Crippen LogP contribution in [0.25, 0.3) is 0 Å². The van der Waals surface area contributed by atoms with Crippen LogP contribution in [-0.2, 0) is 21.4 Å². The lowest BCUT2D eigenvalue weighted by atomic mass is 10.0. The normalized spacial score (nSPS) is 18.3. The first-order valence-corrected chi connectivity index (χ1v) is 10.5. The predicted molar refractivity (Wildman–Crippen MR) is 103 cm³/mol. The summed E-state index contributed by atoms with van der Waals surface area (Å²) in [5.74, 6) is 0.987. The zero-order chi connectivity index (χ0) is 19.3. The largest absolute Gasteiger partial charge is 0.468 e. The number of carbonyl (C=O) groups is 1. The molecule has 2 heterocycles. The third-order valence-corrected chi connectivity index (χ3v) is 5.95. The molecule has 0 radical (unpaired) electrons. The van der Waals surface area contributed by atoms with Crippen molar-refractivity contribution < 1.29 is 17.6 Å². The van der Waals surface area contributed by atoms with E-state index in [2.05, 4.69) is 21.9 Å². The van der Waals surface area contributed by atoms with Crippen LogP contribution in [0.15, 0.2) is 52.0 Å². The molecule has 7 nitrogen and oxygen atoms in total. The van der Waals surface area contributed by atoms with Crippen LogP contribution in [-0.4, -0.2) is 38.9 Å². The minimum Gasteiger partial charge on any atom is -0.468 e. The molecule has 0 saturated carbocycles. The van der Waals surface area contributed by atoms with Crippen molar-refractivity contribution in [2.75, 3.05) is 25.0 Å². The zero-order valence-corrected chi connectivity index (χ0v) is 16.2. The summed E-state index contributed by atoms with van der Waals surface area (Å²) in [6.07, 6.45) is 3.79. The fourth-order valence-corrected chi connectivity index (χ4v) is 4.28. The number of benzene rings is 1. The van der Waals surface area contributed by atoms with E-state index in [0.29, 0.717) is 23.9 Å². The third kappa shape index (κ3) is 5.66. The molecule has 1 aromatic heterocycles. The third-order valence-electron chi connectivity index (χ3n) is 4.55. The number of rotatable bonds is 7. The maximum absolute atomic E-state index is 12.4. The summed E-state index contributed by atoms with van der Waals surface area (Å²) in [7, 11) is -3.70. The Balaban J connectivity index is 1.59. The number of sulfonamides is 1. The second-order valence-electron chi connectivity index (χ2n) is 6.96. The van der Waals surface area contributed by atoms with E-state index in [4.69, 9.17) is 4.42 Å². The van der Waals surface area contributed by atoms with Gasteiger partial charge in [-0.25, -0.2) is 13.1 Å². The highest BCUT2D eigenvalue weighted by Crippen LogP contribution is 2.17. The topological polar surface area (TPSA) is 91.7 Å². The number of amides is 1. The van der Waals surface area contributed by atoms with Gasteiger partial charge in [-0.05, 0) is 55.6 Å². The van der Waals surface area contributed by atoms with E-state index >= 15 is 0 Å². The SMILES string of the molecule is C[C@H]1CCCN(CC(=O)Nc2cccc(S(=O)(=O)NCc3ccco3)c2)C1. The molecule has 2 N–H and O–H groups in total. The molecule has 1 fully saturated rings. The Kier molecular flexibility index (Phi) is 6.30. The maximum Gasteiger partial charge on any atom is 0.241 e. The van der Waals surface area contributed by atoms with Crippen LogP contribution in [0.1, 0.15) is 25.5 Å². The molecule has 0 spiro atoms. The van der Waals surface area contributed by atoms with E-state index in [1.807, 2.05) is 0 Å². The fraction of sp³-hybridized carbons (Fsp3) is 0.421. The Morgan fingerprint density at radius 1 is 1.30 bits per heavy atom. The maximum atomic E-state index is 12.4. The van der Waals surface area contributed by atoms with Crippen molar-refractivity contribution in [1.82, 2.24) is 9.62 Å². The van der Waals surface area contributed by atoms with Gasteiger partial charge in [-0.15, -0.1) is 0 Å². The number of nitrogens with one attached hydrogen (secondary N) is 2. The van der Waals surface area contributed by atoms with Gasteiger partial charge in [0.25, 0.3) is 0 Å². The smallest absolute Gasteiger partial charge is 0.241 e. The van der Waals surface area contributed by atoms with Crippen molar-refractivity contribution in [2.24, 2.45) is 5.92 Å². The number of furan rings is 1. The number of hydrogen-bond donors (Lipinski definition) is 2. The van der Waals surface area contributed by atoms with Crippen molar-refractivity contribution in [3.63, 3.8) is 0 Å². The predicted octanol–water partition coefficient (Wildman–Crippen LogP) is 2.43. The van der Waals surface area contributed by atoms with E-state index in [9.17, 15) is 13.2 Å². The molecule has 8 heteroatoms. The fourth-order valence-electron chi connectivity index (χ4n) is 3.24. The van der Waals surface area contributed by atoms with E-state index in [1.54, 1.807) is 24.3 Å². The van der Waals surface area contributed by atoms with Crippen LogP contribution in [0, 0.1) is 5.92 Å². The van der Waals surface area contributed by atoms with Crippen molar-refractivity contribution in [3.05, 3.63) is 48.4 Å². The molecule has 0 aliphatic carbocycles. The van der Waals surface area contributed by atoms with Crippen molar-refractivity contribution in [3.8, 4) is 0 Å². The summed E-state index contributed by atoms with van der Waals surface area (Å²) in [6, 6.07) is 9.64. The molecule has 1 aliphatic rings. The molecule has 1 amide bonds. The highest BCUT2D eigenvalue weighted by Gasteiger charge is 2.19. The first kappa shape index (κ1) is 19.6.